The van der Waals surface area contributed by atoms with Crippen LogP contribution in [-0.4, -0.2) is 36.3 Å². The first-order valence-electron chi connectivity index (χ1n) is 8.08. The van der Waals surface area contributed by atoms with Crippen LogP contribution in [0.3, 0.4) is 0 Å². The van der Waals surface area contributed by atoms with E-state index in [9.17, 15) is 9.59 Å². The highest BCUT2D eigenvalue weighted by Gasteiger charge is 2.20. The zero-order valence-electron chi connectivity index (χ0n) is 15.3. The summed E-state index contributed by atoms with van der Waals surface area (Å²) in [5, 5.41) is 3.22. The van der Waals surface area contributed by atoms with E-state index in [1.807, 2.05) is 0 Å². The van der Waals surface area contributed by atoms with Crippen molar-refractivity contribution in [1.29, 1.82) is 0 Å². The maximum absolute atomic E-state index is 12.6. The molecule has 2 aromatic heterocycles. The van der Waals surface area contributed by atoms with E-state index < -0.39 is 17.6 Å². The smallest absolute Gasteiger partial charge is 0.338 e. The van der Waals surface area contributed by atoms with Crippen molar-refractivity contribution in [3.63, 3.8) is 0 Å². The van der Waals surface area contributed by atoms with Gasteiger partial charge in [-0.2, -0.15) is 3.96 Å². The van der Waals surface area contributed by atoms with Crippen LogP contribution in [0, 0.1) is 0 Å². The molecule has 2 heterocycles. The Morgan fingerprint density at radius 1 is 1.19 bits per heavy atom. The fraction of sp³-hybridized carbons (Fsp3) is 0.278. The molecule has 1 N–H and O–H groups in total. The maximum atomic E-state index is 12.6. The predicted octanol–water partition coefficient (Wildman–Crippen LogP) is 2.80. The Kier molecular flexibility index (Phi) is 5.31. The molecule has 0 aliphatic heterocycles. The maximum Gasteiger partial charge on any atom is 0.338 e. The van der Waals surface area contributed by atoms with Crippen molar-refractivity contribution in [1.82, 2.24) is 14.3 Å². The molecule has 142 valence electrons. The summed E-state index contributed by atoms with van der Waals surface area (Å²) < 4.78 is 17.0. The number of benzene rings is 1. The lowest BCUT2D eigenvalue weighted by atomic mass is 10.1. The van der Waals surface area contributed by atoms with Gasteiger partial charge in [-0.05, 0) is 48.3 Å². The van der Waals surface area contributed by atoms with Crippen LogP contribution in [0.2, 0.25) is 0 Å². The van der Waals surface area contributed by atoms with Gasteiger partial charge in [-0.3, -0.25) is 4.79 Å². The Labute approximate surface area is 159 Å². The third-order valence-electron chi connectivity index (χ3n) is 4.08. The molecule has 1 atom stereocenters. The number of aromatic nitrogens is 2. The van der Waals surface area contributed by atoms with Gasteiger partial charge in [0.2, 0.25) is 5.75 Å². The Balaban J connectivity index is 1.90. The Hall–Kier alpha value is -3.07. The first-order chi connectivity index (χ1) is 13.0. The second-order valence-corrected chi connectivity index (χ2v) is 6.61. The highest BCUT2D eigenvalue weighted by Crippen LogP contribution is 2.39. The highest BCUT2D eigenvalue weighted by molar-refractivity contribution is 7.14. The van der Waals surface area contributed by atoms with Crippen LogP contribution in [0.15, 0.2) is 35.3 Å². The molecule has 1 amide bonds. The van der Waals surface area contributed by atoms with E-state index in [0.717, 1.165) is 21.1 Å². The molecular weight excluding hydrogens is 370 g/mol. The van der Waals surface area contributed by atoms with Gasteiger partial charge in [0.15, 0.2) is 11.5 Å². The van der Waals surface area contributed by atoms with Gasteiger partial charge in [0, 0.05) is 6.20 Å². The van der Waals surface area contributed by atoms with Crippen LogP contribution < -0.4 is 25.1 Å². The lowest BCUT2D eigenvalue weighted by Gasteiger charge is -2.18. The molecule has 0 radical (unpaired) electrons. The first kappa shape index (κ1) is 18.7. The molecule has 0 aliphatic rings. The predicted molar refractivity (Wildman–Crippen MR) is 102 cm³/mol. The Morgan fingerprint density at radius 2 is 1.85 bits per heavy atom. The average molecular weight is 389 g/mol. The number of fused-ring (bicyclic) bond motifs is 1. The van der Waals surface area contributed by atoms with Crippen LogP contribution in [-0.2, 0) is 0 Å². The monoisotopic (exact) mass is 389 g/mol. The highest BCUT2D eigenvalue weighted by atomic mass is 32.1. The topological polar surface area (TPSA) is 91.7 Å². The number of amides is 1. The van der Waals surface area contributed by atoms with Gasteiger partial charge in [-0.25, -0.2) is 9.78 Å². The summed E-state index contributed by atoms with van der Waals surface area (Å²) in [6.45, 7) is 1.80. The molecule has 9 heteroatoms. The van der Waals surface area contributed by atoms with Crippen molar-refractivity contribution in [2.24, 2.45) is 0 Å². The number of methoxy groups -OCH3 is 3. The second kappa shape index (κ2) is 7.67. The van der Waals surface area contributed by atoms with Crippen molar-refractivity contribution < 1.29 is 19.0 Å². The number of nitrogens with zero attached hydrogens (tertiary/aromatic N) is 2. The summed E-state index contributed by atoms with van der Waals surface area (Å²) in [6, 6.07) is 5.88. The normalized spacial score (nSPS) is 11.9. The molecule has 27 heavy (non-hydrogen) atoms. The third-order valence-corrected chi connectivity index (χ3v) is 5.09. The van der Waals surface area contributed by atoms with Gasteiger partial charge in [-0.15, -0.1) is 0 Å². The fourth-order valence-corrected chi connectivity index (χ4v) is 3.53. The molecule has 0 aliphatic carbocycles. The van der Waals surface area contributed by atoms with E-state index in [0.29, 0.717) is 27.5 Å². The molecule has 0 saturated carbocycles. The molecule has 0 spiro atoms. The summed E-state index contributed by atoms with van der Waals surface area (Å²) in [7, 11) is 4.56. The van der Waals surface area contributed by atoms with Crippen LogP contribution in [0.25, 0.3) is 10.2 Å². The molecule has 0 saturated heterocycles. The van der Waals surface area contributed by atoms with Gasteiger partial charge in [0.05, 0.1) is 32.8 Å². The van der Waals surface area contributed by atoms with Gasteiger partial charge in [0.25, 0.3) is 5.56 Å². The van der Waals surface area contributed by atoms with E-state index >= 15 is 0 Å². The van der Waals surface area contributed by atoms with Crippen molar-refractivity contribution in [3.05, 3.63) is 46.4 Å². The van der Waals surface area contributed by atoms with Gasteiger partial charge >= 0.3 is 6.03 Å². The average Bonchev–Trinajstić information content (AvgIpc) is 3.03. The zero-order valence-corrected chi connectivity index (χ0v) is 16.1. The SMILES string of the molecule is COc1cc([C@@H](C)NC(=O)n2sc3ncccc3c2=O)cc(OC)c1OC. The molecule has 3 rings (SSSR count). The van der Waals surface area contributed by atoms with Crippen LogP contribution in [0.5, 0.6) is 17.2 Å². The number of nitrogens with one attached hydrogen (secondary N) is 1. The minimum absolute atomic E-state index is 0.391. The lowest BCUT2D eigenvalue weighted by molar-refractivity contribution is 0.241. The van der Waals surface area contributed by atoms with E-state index in [1.54, 1.807) is 37.4 Å². The molecule has 0 unspecified atom stereocenters. The second-order valence-electron chi connectivity index (χ2n) is 5.68. The minimum Gasteiger partial charge on any atom is -0.493 e. The van der Waals surface area contributed by atoms with E-state index in [4.69, 9.17) is 14.2 Å². The fourth-order valence-electron chi connectivity index (χ4n) is 2.68. The molecule has 8 nitrogen and oxygen atoms in total. The number of pyridine rings is 1. The Morgan fingerprint density at radius 3 is 2.41 bits per heavy atom. The molecule has 1 aromatic carbocycles. The van der Waals surface area contributed by atoms with E-state index in [-0.39, 0.29) is 0 Å². The number of carbonyl (C=O) groups excluding carboxylic acids is 1. The summed E-state index contributed by atoms with van der Waals surface area (Å²) in [5.41, 5.74) is 0.350. The zero-order chi connectivity index (χ0) is 19.6. The quantitative estimate of drug-likeness (QED) is 0.721. The van der Waals surface area contributed by atoms with Gasteiger partial charge in [0.1, 0.15) is 4.83 Å². The molecular formula is C18H19N3O5S. The van der Waals surface area contributed by atoms with Crippen LogP contribution in [0.4, 0.5) is 4.79 Å². The number of ether oxygens (including phenoxy) is 3. The van der Waals surface area contributed by atoms with E-state index in [1.165, 1.54) is 21.3 Å². The summed E-state index contributed by atoms with van der Waals surface area (Å²) in [5.74, 6) is 1.43. The van der Waals surface area contributed by atoms with Gasteiger partial charge in [-0.1, -0.05) is 0 Å². The van der Waals surface area contributed by atoms with Crippen LogP contribution >= 0.6 is 11.5 Å². The molecule has 3 aromatic rings. The molecule has 0 fully saturated rings. The van der Waals surface area contributed by atoms with E-state index in [2.05, 4.69) is 10.3 Å². The summed E-state index contributed by atoms with van der Waals surface area (Å²) in [6.07, 6.45) is 1.58. The van der Waals surface area contributed by atoms with Crippen LogP contribution in [0.1, 0.15) is 18.5 Å². The number of carbonyl (C=O) groups is 1. The third kappa shape index (κ3) is 3.45. The van der Waals surface area contributed by atoms with Gasteiger partial charge < -0.3 is 19.5 Å². The minimum atomic E-state index is -0.524. The number of hydrogen-bond acceptors (Lipinski definition) is 7. The molecule has 0 bridgehead atoms. The number of rotatable bonds is 5. The largest absolute Gasteiger partial charge is 0.493 e. The van der Waals surface area contributed by atoms with Crippen molar-refractivity contribution in [2.45, 2.75) is 13.0 Å². The standard InChI is InChI=1S/C18H19N3O5S/c1-10(11-8-13(24-2)15(26-4)14(9-11)25-3)20-18(23)21-17(22)12-6-5-7-19-16(12)27-21/h5-10H,1-4H3,(H,20,23)/t10-/m1/s1. The first-order valence-corrected chi connectivity index (χ1v) is 8.85. The summed E-state index contributed by atoms with van der Waals surface area (Å²) >= 11 is 1.00. The van der Waals surface area contributed by atoms with Crippen molar-refractivity contribution in [2.75, 3.05) is 21.3 Å². The van der Waals surface area contributed by atoms with Crippen molar-refractivity contribution in [3.8, 4) is 17.2 Å². The number of hydrogen-bond donors (Lipinski definition) is 1. The lowest BCUT2D eigenvalue weighted by Crippen LogP contribution is -2.34. The summed E-state index contributed by atoms with van der Waals surface area (Å²) in [4.78, 5) is 29.6. The Bertz CT molecular complexity index is 1020. The van der Waals surface area contributed by atoms with Crippen molar-refractivity contribution >= 4 is 27.8 Å².